The molecule has 1 amide bonds. The number of hydrogen-bond acceptors (Lipinski definition) is 3. The van der Waals surface area contributed by atoms with Gasteiger partial charge in [0.1, 0.15) is 6.04 Å². The van der Waals surface area contributed by atoms with Gasteiger partial charge in [0.25, 0.3) is 0 Å². The SMILES string of the molecule is Cc1cc(C)cc(N([C@H](C)C(=O)N[C@@H]2C[C@H]3CC[C@H]2C3)S(C)(=O)=O)c1. The van der Waals surface area contributed by atoms with Crippen LogP contribution in [-0.2, 0) is 14.8 Å². The van der Waals surface area contributed by atoms with Crippen molar-refractivity contribution in [2.24, 2.45) is 11.8 Å². The lowest BCUT2D eigenvalue weighted by molar-refractivity contribution is -0.122. The molecule has 2 saturated carbocycles. The highest BCUT2D eigenvalue weighted by molar-refractivity contribution is 7.92. The van der Waals surface area contributed by atoms with Gasteiger partial charge in [0.15, 0.2) is 0 Å². The Kier molecular flexibility index (Phi) is 4.84. The van der Waals surface area contributed by atoms with Crippen molar-refractivity contribution in [2.75, 3.05) is 10.6 Å². The molecule has 138 valence electrons. The van der Waals surface area contributed by atoms with Gasteiger partial charge in [-0.15, -0.1) is 0 Å². The van der Waals surface area contributed by atoms with E-state index in [1.807, 2.05) is 32.0 Å². The Morgan fingerprint density at radius 3 is 2.28 bits per heavy atom. The first-order valence-electron chi connectivity index (χ1n) is 9.03. The third-order valence-corrected chi connectivity index (χ3v) is 6.86. The highest BCUT2D eigenvalue weighted by Gasteiger charge is 2.41. The summed E-state index contributed by atoms with van der Waals surface area (Å²) in [5.41, 5.74) is 2.50. The van der Waals surface area contributed by atoms with Gasteiger partial charge < -0.3 is 5.32 Å². The van der Waals surface area contributed by atoms with E-state index < -0.39 is 16.1 Å². The van der Waals surface area contributed by atoms with Crippen LogP contribution in [0.5, 0.6) is 0 Å². The molecule has 1 aromatic rings. The fourth-order valence-corrected chi connectivity index (χ4v) is 5.77. The van der Waals surface area contributed by atoms with Crippen molar-refractivity contribution < 1.29 is 13.2 Å². The Hall–Kier alpha value is -1.56. The molecular weight excluding hydrogens is 336 g/mol. The molecular formula is C19H28N2O3S. The van der Waals surface area contributed by atoms with E-state index in [9.17, 15) is 13.2 Å². The number of anilines is 1. The third kappa shape index (κ3) is 3.84. The molecule has 3 rings (SSSR count). The van der Waals surface area contributed by atoms with Gasteiger partial charge >= 0.3 is 0 Å². The molecule has 5 nitrogen and oxygen atoms in total. The first-order valence-corrected chi connectivity index (χ1v) is 10.9. The molecule has 2 fully saturated rings. The number of sulfonamides is 1. The highest BCUT2D eigenvalue weighted by atomic mass is 32.2. The largest absolute Gasteiger partial charge is 0.351 e. The summed E-state index contributed by atoms with van der Waals surface area (Å²) in [6.07, 6.45) is 5.84. The van der Waals surface area contributed by atoms with Crippen LogP contribution in [-0.4, -0.2) is 32.7 Å². The van der Waals surface area contributed by atoms with Crippen LogP contribution in [0, 0.1) is 25.7 Å². The maximum atomic E-state index is 12.8. The maximum absolute atomic E-state index is 12.8. The lowest BCUT2D eigenvalue weighted by atomic mass is 9.95. The molecule has 0 saturated heterocycles. The number of amides is 1. The summed E-state index contributed by atoms with van der Waals surface area (Å²) in [4.78, 5) is 12.8. The van der Waals surface area contributed by atoms with E-state index in [4.69, 9.17) is 0 Å². The smallest absolute Gasteiger partial charge is 0.243 e. The van der Waals surface area contributed by atoms with E-state index in [1.54, 1.807) is 6.92 Å². The van der Waals surface area contributed by atoms with Crippen molar-refractivity contribution >= 4 is 21.6 Å². The number of rotatable bonds is 5. The van der Waals surface area contributed by atoms with Crippen molar-refractivity contribution in [1.29, 1.82) is 0 Å². The first kappa shape index (κ1) is 18.2. The van der Waals surface area contributed by atoms with Gasteiger partial charge in [-0.05, 0) is 75.1 Å². The molecule has 0 heterocycles. The highest BCUT2D eigenvalue weighted by Crippen LogP contribution is 2.44. The van der Waals surface area contributed by atoms with Crippen molar-refractivity contribution in [1.82, 2.24) is 5.32 Å². The first-order chi connectivity index (χ1) is 11.6. The predicted molar refractivity (Wildman–Crippen MR) is 100 cm³/mol. The van der Waals surface area contributed by atoms with Crippen LogP contribution in [0.2, 0.25) is 0 Å². The number of carbonyl (C=O) groups is 1. The van der Waals surface area contributed by atoms with Gasteiger partial charge in [-0.2, -0.15) is 0 Å². The van der Waals surface area contributed by atoms with E-state index in [0.29, 0.717) is 11.6 Å². The second-order valence-corrected chi connectivity index (χ2v) is 9.73. The number of hydrogen-bond donors (Lipinski definition) is 1. The average Bonchev–Trinajstić information content (AvgIpc) is 3.07. The normalized spacial score (nSPS) is 26.5. The van der Waals surface area contributed by atoms with E-state index in [1.165, 1.54) is 23.6 Å². The quantitative estimate of drug-likeness (QED) is 0.874. The van der Waals surface area contributed by atoms with Crippen molar-refractivity contribution in [3.05, 3.63) is 29.3 Å². The molecule has 0 aromatic heterocycles. The molecule has 4 atom stereocenters. The molecule has 2 aliphatic carbocycles. The molecule has 1 N–H and O–H groups in total. The molecule has 0 spiro atoms. The summed E-state index contributed by atoms with van der Waals surface area (Å²) in [5.74, 6) is 1.09. The Bertz CT molecular complexity index is 755. The summed E-state index contributed by atoms with van der Waals surface area (Å²) in [7, 11) is -3.57. The van der Waals surface area contributed by atoms with Gasteiger partial charge in [-0.25, -0.2) is 8.42 Å². The monoisotopic (exact) mass is 364 g/mol. The van der Waals surface area contributed by atoms with Crippen LogP contribution in [0.25, 0.3) is 0 Å². The average molecular weight is 365 g/mol. The van der Waals surface area contributed by atoms with Gasteiger partial charge in [-0.1, -0.05) is 12.5 Å². The Morgan fingerprint density at radius 1 is 1.16 bits per heavy atom. The summed E-state index contributed by atoms with van der Waals surface area (Å²) < 4.78 is 26.1. The number of nitrogens with zero attached hydrogens (tertiary/aromatic N) is 1. The standard InChI is InChI=1S/C19H28N2O3S/c1-12-7-13(2)9-17(8-12)21(25(4,23)24)14(3)19(22)20-18-11-15-5-6-16(18)10-15/h7-9,14-16,18H,5-6,10-11H2,1-4H3,(H,20,22)/t14-,15+,16+,18-/m1/s1. The summed E-state index contributed by atoms with van der Waals surface area (Å²) in [6.45, 7) is 5.52. The van der Waals surface area contributed by atoms with E-state index in [0.717, 1.165) is 29.7 Å². The Morgan fingerprint density at radius 2 is 1.80 bits per heavy atom. The third-order valence-electron chi connectivity index (χ3n) is 5.62. The van der Waals surface area contributed by atoms with Gasteiger partial charge in [-0.3, -0.25) is 9.10 Å². The number of fused-ring (bicyclic) bond motifs is 2. The minimum absolute atomic E-state index is 0.203. The Balaban J connectivity index is 1.82. The molecule has 1 aromatic carbocycles. The fourth-order valence-electron chi connectivity index (χ4n) is 4.61. The van der Waals surface area contributed by atoms with E-state index in [2.05, 4.69) is 5.32 Å². The zero-order valence-electron chi connectivity index (χ0n) is 15.5. The van der Waals surface area contributed by atoms with Crippen LogP contribution in [0.15, 0.2) is 18.2 Å². The zero-order chi connectivity index (χ0) is 18.4. The van der Waals surface area contributed by atoms with Crippen LogP contribution in [0.3, 0.4) is 0 Å². The molecule has 2 bridgehead atoms. The van der Waals surface area contributed by atoms with Crippen molar-refractivity contribution in [3.8, 4) is 0 Å². The van der Waals surface area contributed by atoms with Crippen LogP contribution >= 0.6 is 0 Å². The summed E-state index contributed by atoms with van der Waals surface area (Å²) in [6, 6.07) is 5.05. The number of aryl methyl sites for hydroxylation is 2. The predicted octanol–water partition coefficient (Wildman–Crippen LogP) is 2.76. The lowest BCUT2D eigenvalue weighted by Gasteiger charge is -2.31. The molecule has 2 aliphatic rings. The van der Waals surface area contributed by atoms with Gasteiger partial charge in [0.05, 0.1) is 11.9 Å². The van der Waals surface area contributed by atoms with Crippen LogP contribution < -0.4 is 9.62 Å². The molecule has 0 radical (unpaired) electrons. The number of carbonyl (C=O) groups excluding carboxylic acids is 1. The van der Waals surface area contributed by atoms with Crippen LogP contribution in [0.1, 0.15) is 43.7 Å². The fraction of sp³-hybridized carbons (Fsp3) is 0.632. The molecule has 0 aliphatic heterocycles. The lowest BCUT2D eigenvalue weighted by Crippen LogP contribution is -2.51. The summed E-state index contributed by atoms with van der Waals surface area (Å²) >= 11 is 0. The van der Waals surface area contributed by atoms with Crippen molar-refractivity contribution in [3.63, 3.8) is 0 Å². The summed E-state index contributed by atoms with van der Waals surface area (Å²) in [5, 5.41) is 3.12. The van der Waals surface area contributed by atoms with Crippen LogP contribution in [0.4, 0.5) is 5.69 Å². The zero-order valence-corrected chi connectivity index (χ0v) is 16.3. The molecule has 6 heteroatoms. The molecule has 0 unspecified atom stereocenters. The van der Waals surface area contributed by atoms with E-state index >= 15 is 0 Å². The molecule has 25 heavy (non-hydrogen) atoms. The Labute approximate surface area is 150 Å². The minimum Gasteiger partial charge on any atom is -0.351 e. The number of benzene rings is 1. The topological polar surface area (TPSA) is 66.5 Å². The van der Waals surface area contributed by atoms with Crippen molar-refractivity contribution in [2.45, 2.75) is 58.5 Å². The minimum atomic E-state index is -3.57. The maximum Gasteiger partial charge on any atom is 0.243 e. The second-order valence-electron chi connectivity index (χ2n) is 7.87. The number of nitrogens with one attached hydrogen (secondary N) is 1. The second kappa shape index (κ2) is 6.63. The van der Waals surface area contributed by atoms with Gasteiger partial charge in [0.2, 0.25) is 15.9 Å². The van der Waals surface area contributed by atoms with E-state index in [-0.39, 0.29) is 11.9 Å². The van der Waals surface area contributed by atoms with Gasteiger partial charge in [0, 0.05) is 6.04 Å².